The van der Waals surface area contributed by atoms with Crippen molar-refractivity contribution in [2.75, 3.05) is 33.4 Å². The number of rotatable bonds is 7. The van der Waals surface area contributed by atoms with Crippen LogP contribution in [0.1, 0.15) is 55.1 Å². The van der Waals surface area contributed by atoms with E-state index >= 15 is 0 Å². The van der Waals surface area contributed by atoms with Crippen molar-refractivity contribution >= 4 is 5.91 Å². The van der Waals surface area contributed by atoms with Crippen LogP contribution in [0.5, 0.6) is 0 Å². The number of aromatic nitrogens is 2. The number of methoxy groups -OCH3 is 1. The third-order valence-corrected chi connectivity index (χ3v) is 7.77. The molecule has 0 radical (unpaired) electrons. The zero-order chi connectivity index (χ0) is 23.7. The van der Waals surface area contributed by atoms with Gasteiger partial charge in [0.1, 0.15) is 5.60 Å². The number of hydrogen-bond acceptors (Lipinski definition) is 6. The van der Waals surface area contributed by atoms with Crippen LogP contribution >= 0.6 is 0 Å². The summed E-state index contributed by atoms with van der Waals surface area (Å²) in [5.74, 6) is 0.118. The Morgan fingerprint density at radius 1 is 1.26 bits per heavy atom. The molecule has 1 aliphatic heterocycles. The van der Waals surface area contributed by atoms with E-state index in [1.165, 1.54) is 0 Å². The molecule has 8 heteroatoms. The fraction of sp³-hybridized carbons (Fsp3) is 0.615. The normalized spacial score (nSPS) is 28.6. The number of amides is 1. The lowest BCUT2D eigenvalue weighted by molar-refractivity contribution is -0.0893. The molecule has 2 heterocycles. The number of piperazine rings is 1. The van der Waals surface area contributed by atoms with E-state index in [1.807, 2.05) is 34.9 Å². The van der Waals surface area contributed by atoms with Gasteiger partial charge in [-0.1, -0.05) is 43.2 Å². The summed E-state index contributed by atoms with van der Waals surface area (Å²) in [7, 11) is 1.61. The zero-order valence-corrected chi connectivity index (χ0v) is 19.9. The maximum absolute atomic E-state index is 14.0. The molecule has 1 aromatic heterocycles. The summed E-state index contributed by atoms with van der Waals surface area (Å²) >= 11 is 0. The molecule has 3 N–H and O–H groups in total. The van der Waals surface area contributed by atoms with Crippen LogP contribution in [0.15, 0.2) is 36.7 Å². The largest absolute Gasteiger partial charge is 0.391 e. The van der Waals surface area contributed by atoms with Crippen LogP contribution in [0, 0.1) is 5.92 Å². The van der Waals surface area contributed by atoms with E-state index in [0.29, 0.717) is 31.7 Å². The highest BCUT2D eigenvalue weighted by molar-refractivity contribution is 5.98. The minimum absolute atomic E-state index is 0.158. The number of nitrogens with zero attached hydrogens (tertiary/aromatic N) is 3. The molecule has 5 rings (SSSR count). The van der Waals surface area contributed by atoms with Crippen molar-refractivity contribution in [3.05, 3.63) is 42.4 Å². The lowest BCUT2D eigenvalue weighted by Crippen LogP contribution is -2.58. The Morgan fingerprint density at radius 2 is 2.06 bits per heavy atom. The second kappa shape index (κ2) is 9.77. The molecule has 2 aromatic rings. The fourth-order valence-electron chi connectivity index (χ4n) is 5.83. The van der Waals surface area contributed by atoms with Crippen molar-refractivity contribution in [2.24, 2.45) is 5.92 Å². The van der Waals surface area contributed by atoms with Crippen LogP contribution in [0.2, 0.25) is 0 Å². The monoisotopic (exact) mass is 468 g/mol. The van der Waals surface area contributed by atoms with E-state index in [1.54, 1.807) is 18.3 Å². The smallest absolute Gasteiger partial charge is 0.275 e. The molecule has 2 saturated carbocycles. The van der Waals surface area contributed by atoms with Crippen molar-refractivity contribution < 1.29 is 19.7 Å². The first-order chi connectivity index (χ1) is 16.5. The maximum atomic E-state index is 14.0. The van der Waals surface area contributed by atoms with Gasteiger partial charge < -0.3 is 29.7 Å². The molecule has 1 unspecified atom stereocenters. The lowest BCUT2D eigenvalue weighted by Gasteiger charge is -2.41. The molecule has 3 fully saturated rings. The number of hydrogen-bond donors (Lipinski definition) is 3. The van der Waals surface area contributed by atoms with Gasteiger partial charge in [-0.3, -0.25) is 4.79 Å². The standard InChI is InChI=1S/C26H36N4O4/c1-34-16-26(33)12-6-5-9-21(26)30-17-28-22(23(30)18-7-3-2-4-8-18)25(32)29-14-13-27-15-20(29)24(31)19-10-11-19/h2-4,7-8,17,19-21,24,27,31,33H,5-6,9-16H2,1H3/t20-,21+,24?,26+/m0/s1. The van der Waals surface area contributed by atoms with E-state index in [0.717, 1.165) is 43.4 Å². The molecular weight excluding hydrogens is 432 g/mol. The number of carbonyl (C=O) groups is 1. The molecule has 4 atom stereocenters. The van der Waals surface area contributed by atoms with E-state index < -0.39 is 11.7 Å². The zero-order valence-electron chi connectivity index (χ0n) is 19.9. The fourth-order valence-corrected chi connectivity index (χ4v) is 5.83. The van der Waals surface area contributed by atoms with Gasteiger partial charge in [0.05, 0.1) is 36.8 Å². The number of nitrogens with one attached hydrogen (secondary N) is 1. The number of benzene rings is 1. The van der Waals surface area contributed by atoms with Crippen molar-refractivity contribution in [2.45, 2.75) is 62.3 Å². The highest BCUT2D eigenvalue weighted by Crippen LogP contribution is 2.41. The number of carbonyl (C=O) groups excluding carboxylic acids is 1. The summed E-state index contributed by atoms with van der Waals surface area (Å²) < 4.78 is 7.40. The molecule has 0 bridgehead atoms. The molecular formula is C26H36N4O4. The first kappa shape index (κ1) is 23.5. The Hall–Kier alpha value is -2.26. The molecule has 1 amide bonds. The summed E-state index contributed by atoms with van der Waals surface area (Å²) in [6.45, 7) is 2.05. The van der Waals surface area contributed by atoms with Crippen molar-refractivity contribution in [3.63, 3.8) is 0 Å². The molecule has 8 nitrogen and oxygen atoms in total. The quantitative estimate of drug-likeness (QED) is 0.576. The summed E-state index contributed by atoms with van der Waals surface area (Å²) in [4.78, 5) is 20.4. The van der Waals surface area contributed by atoms with Gasteiger partial charge in [-0.25, -0.2) is 4.98 Å². The third kappa shape index (κ3) is 4.40. The molecule has 0 spiro atoms. The van der Waals surface area contributed by atoms with Gasteiger partial charge >= 0.3 is 0 Å². The molecule has 34 heavy (non-hydrogen) atoms. The van der Waals surface area contributed by atoms with E-state index in [9.17, 15) is 15.0 Å². The Kier molecular flexibility index (Phi) is 6.75. The van der Waals surface area contributed by atoms with Crippen molar-refractivity contribution in [1.82, 2.24) is 19.8 Å². The number of aliphatic hydroxyl groups excluding tert-OH is 1. The molecule has 1 aromatic carbocycles. The van der Waals surface area contributed by atoms with E-state index in [2.05, 4.69) is 10.3 Å². The summed E-state index contributed by atoms with van der Waals surface area (Å²) in [5.41, 5.74) is 0.983. The molecule has 3 aliphatic rings. The minimum Gasteiger partial charge on any atom is -0.391 e. The van der Waals surface area contributed by atoms with Gasteiger partial charge in [-0.05, 0) is 31.6 Å². The first-order valence-electron chi connectivity index (χ1n) is 12.6. The molecule has 2 aliphatic carbocycles. The van der Waals surface area contributed by atoms with Crippen LogP contribution in [0.25, 0.3) is 11.3 Å². The average Bonchev–Trinajstić information content (AvgIpc) is 3.62. The van der Waals surface area contributed by atoms with Crippen molar-refractivity contribution in [3.8, 4) is 11.3 Å². The van der Waals surface area contributed by atoms with Gasteiger partial charge in [0.25, 0.3) is 5.91 Å². The topological polar surface area (TPSA) is 99.8 Å². The Morgan fingerprint density at radius 3 is 2.79 bits per heavy atom. The van der Waals surface area contributed by atoms with Gasteiger partial charge in [0.2, 0.25) is 0 Å². The predicted molar refractivity (Wildman–Crippen MR) is 128 cm³/mol. The molecule has 184 valence electrons. The summed E-state index contributed by atoms with van der Waals surface area (Å²) in [6.07, 6.45) is 6.60. The van der Waals surface area contributed by atoms with Crippen LogP contribution in [-0.4, -0.2) is 81.7 Å². The number of ether oxygens (including phenoxy) is 1. The van der Waals surface area contributed by atoms with Gasteiger partial charge in [0, 0.05) is 32.3 Å². The third-order valence-electron chi connectivity index (χ3n) is 7.77. The Labute approximate surface area is 200 Å². The first-order valence-corrected chi connectivity index (χ1v) is 12.6. The number of imidazole rings is 1. The highest BCUT2D eigenvalue weighted by atomic mass is 16.5. The number of aliphatic hydroxyl groups is 2. The van der Waals surface area contributed by atoms with Gasteiger partial charge in [0.15, 0.2) is 5.69 Å². The Bertz CT molecular complexity index is 988. The van der Waals surface area contributed by atoms with Gasteiger partial charge in [-0.2, -0.15) is 0 Å². The van der Waals surface area contributed by atoms with E-state index in [4.69, 9.17) is 4.74 Å². The second-order valence-electron chi connectivity index (χ2n) is 10.1. The summed E-state index contributed by atoms with van der Waals surface area (Å²) in [6, 6.07) is 9.32. The molecule has 1 saturated heterocycles. The Balaban J connectivity index is 1.55. The van der Waals surface area contributed by atoms with Crippen molar-refractivity contribution in [1.29, 1.82) is 0 Å². The summed E-state index contributed by atoms with van der Waals surface area (Å²) in [5, 5.41) is 25.8. The SMILES string of the molecule is COC[C@]1(O)CCCC[C@H]1n1cnc(C(=O)N2CCNC[C@H]2C(O)C2CC2)c1-c1ccccc1. The average molecular weight is 469 g/mol. The second-order valence-corrected chi connectivity index (χ2v) is 10.1. The minimum atomic E-state index is -1.02. The van der Waals surface area contributed by atoms with Crippen LogP contribution < -0.4 is 5.32 Å². The maximum Gasteiger partial charge on any atom is 0.275 e. The van der Waals surface area contributed by atoms with Crippen LogP contribution in [0.3, 0.4) is 0 Å². The van der Waals surface area contributed by atoms with E-state index in [-0.39, 0.29) is 30.5 Å². The van der Waals surface area contributed by atoms with Crippen LogP contribution in [-0.2, 0) is 4.74 Å². The van der Waals surface area contributed by atoms with Crippen LogP contribution in [0.4, 0.5) is 0 Å². The van der Waals surface area contributed by atoms with Gasteiger partial charge in [-0.15, -0.1) is 0 Å². The highest BCUT2D eigenvalue weighted by Gasteiger charge is 2.44. The lowest BCUT2D eigenvalue weighted by atomic mass is 9.80. The predicted octanol–water partition coefficient (Wildman–Crippen LogP) is 2.23.